The van der Waals surface area contributed by atoms with E-state index in [-0.39, 0.29) is 5.91 Å². The van der Waals surface area contributed by atoms with Gasteiger partial charge in [0.05, 0.1) is 12.9 Å². The van der Waals surface area contributed by atoms with Crippen molar-refractivity contribution in [2.24, 2.45) is 0 Å². The molecule has 2 rings (SSSR count). The van der Waals surface area contributed by atoms with Crippen LogP contribution in [0.5, 0.6) is 5.75 Å². The third-order valence-electron chi connectivity index (χ3n) is 3.28. The lowest BCUT2D eigenvalue weighted by molar-refractivity contribution is -0.129. The van der Waals surface area contributed by atoms with Gasteiger partial charge in [-0.2, -0.15) is 0 Å². The quantitative estimate of drug-likeness (QED) is 0.784. The van der Waals surface area contributed by atoms with Crippen molar-refractivity contribution in [3.8, 4) is 5.75 Å². The molecule has 1 aromatic rings. The number of piperazine rings is 1. The molecule has 0 atom stereocenters. The minimum Gasteiger partial charge on any atom is -0.497 e. The summed E-state index contributed by atoms with van der Waals surface area (Å²) in [5, 5.41) is 0. The van der Waals surface area contributed by atoms with Crippen molar-refractivity contribution in [2.75, 3.05) is 46.1 Å². The number of ether oxygens (including phenoxy) is 1. The molecule has 1 saturated heterocycles. The van der Waals surface area contributed by atoms with E-state index in [9.17, 15) is 4.79 Å². The predicted molar refractivity (Wildman–Crippen MR) is 77.8 cm³/mol. The molecular weight excluding hydrogens is 260 g/mol. The van der Waals surface area contributed by atoms with E-state index in [1.54, 1.807) is 18.9 Å². The normalized spacial score (nSPS) is 16.4. The first-order valence-corrected chi connectivity index (χ1v) is 7.41. The van der Waals surface area contributed by atoms with Gasteiger partial charge in [-0.1, -0.05) is 0 Å². The number of carbonyl (C=O) groups excluding carboxylic acids is 1. The number of likely N-dealkylation sites (N-methyl/N-ethyl adjacent to an activating group) is 1. The van der Waals surface area contributed by atoms with E-state index in [0.29, 0.717) is 5.75 Å². The third kappa shape index (κ3) is 4.14. The Morgan fingerprint density at radius 2 is 1.84 bits per heavy atom. The van der Waals surface area contributed by atoms with Crippen LogP contribution in [0.2, 0.25) is 0 Å². The fourth-order valence-electron chi connectivity index (χ4n) is 1.96. The van der Waals surface area contributed by atoms with Crippen molar-refractivity contribution >= 4 is 17.7 Å². The van der Waals surface area contributed by atoms with E-state index in [1.807, 2.05) is 29.2 Å². The van der Waals surface area contributed by atoms with Crippen molar-refractivity contribution in [1.82, 2.24) is 9.80 Å². The molecule has 1 aliphatic rings. The second kappa shape index (κ2) is 6.82. The van der Waals surface area contributed by atoms with E-state index < -0.39 is 0 Å². The van der Waals surface area contributed by atoms with E-state index in [1.165, 1.54) is 0 Å². The molecule has 5 heteroatoms. The third-order valence-corrected chi connectivity index (χ3v) is 4.27. The van der Waals surface area contributed by atoms with Crippen molar-refractivity contribution in [3.05, 3.63) is 24.3 Å². The van der Waals surface area contributed by atoms with Crippen LogP contribution in [-0.4, -0.2) is 61.8 Å². The molecule has 0 bridgehead atoms. The Labute approximate surface area is 118 Å². The average Bonchev–Trinajstić information content (AvgIpc) is 2.46. The Hall–Kier alpha value is -1.20. The topological polar surface area (TPSA) is 32.8 Å². The highest BCUT2D eigenvalue weighted by Gasteiger charge is 2.18. The van der Waals surface area contributed by atoms with Crippen LogP contribution < -0.4 is 4.74 Å². The Bertz CT molecular complexity index is 414. The van der Waals surface area contributed by atoms with Gasteiger partial charge in [-0.15, -0.1) is 11.8 Å². The molecule has 104 valence electrons. The van der Waals surface area contributed by atoms with Gasteiger partial charge in [0.2, 0.25) is 5.91 Å². The summed E-state index contributed by atoms with van der Waals surface area (Å²) in [6.07, 6.45) is 0. The summed E-state index contributed by atoms with van der Waals surface area (Å²) >= 11 is 1.58. The second-order valence-corrected chi connectivity index (χ2v) is 5.70. The lowest BCUT2D eigenvalue weighted by atomic mass is 10.3. The molecule has 1 fully saturated rings. The lowest BCUT2D eigenvalue weighted by Gasteiger charge is -2.32. The molecule has 0 aliphatic carbocycles. The van der Waals surface area contributed by atoms with Gasteiger partial charge in [0, 0.05) is 31.1 Å². The zero-order valence-electron chi connectivity index (χ0n) is 11.5. The van der Waals surface area contributed by atoms with Crippen molar-refractivity contribution < 1.29 is 9.53 Å². The summed E-state index contributed by atoms with van der Waals surface area (Å²) in [6.45, 7) is 3.63. The van der Waals surface area contributed by atoms with E-state index in [2.05, 4.69) is 11.9 Å². The van der Waals surface area contributed by atoms with Crippen LogP contribution >= 0.6 is 11.8 Å². The van der Waals surface area contributed by atoms with E-state index >= 15 is 0 Å². The summed E-state index contributed by atoms with van der Waals surface area (Å²) in [7, 11) is 3.74. The first-order chi connectivity index (χ1) is 9.19. The molecule has 0 aromatic heterocycles. The van der Waals surface area contributed by atoms with Crippen molar-refractivity contribution in [2.45, 2.75) is 4.90 Å². The van der Waals surface area contributed by atoms with E-state index in [0.717, 1.165) is 36.8 Å². The maximum Gasteiger partial charge on any atom is 0.233 e. The summed E-state index contributed by atoms with van der Waals surface area (Å²) in [6, 6.07) is 7.81. The van der Waals surface area contributed by atoms with Gasteiger partial charge in [0.25, 0.3) is 0 Å². The number of thioether (sulfide) groups is 1. The molecule has 0 spiro atoms. The molecule has 1 aromatic carbocycles. The molecule has 19 heavy (non-hydrogen) atoms. The van der Waals surface area contributed by atoms with Gasteiger partial charge in [0.1, 0.15) is 5.75 Å². The number of hydrogen-bond acceptors (Lipinski definition) is 4. The maximum absolute atomic E-state index is 12.1. The maximum atomic E-state index is 12.1. The molecule has 1 amide bonds. The minimum absolute atomic E-state index is 0.230. The molecule has 0 N–H and O–H groups in total. The molecule has 0 unspecified atom stereocenters. The van der Waals surface area contributed by atoms with Crippen LogP contribution in [0.4, 0.5) is 0 Å². The van der Waals surface area contributed by atoms with Crippen LogP contribution in [0.3, 0.4) is 0 Å². The smallest absolute Gasteiger partial charge is 0.233 e. The van der Waals surface area contributed by atoms with Crippen LogP contribution in [0.25, 0.3) is 0 Å². The molecule has 1 aliphatic heterocycles. The standard InChI is InChI=1S/C14H20N2O2S/c1-15-7-9-16(10-8-15)14(17)11-19-13-5-3-12(18-2)4-6-13/h3-6H,7-11H2,1-2H3. The van der Waals surface area contributed by atoms with Crippen molar-refractivity contribution in [1.29, 1.82) is 0 Å². The number of amides is 1. The highest BCUT2D eigenvalue weighted by atomic mass is 32.2. The number of carbonyl (C=O) groups is 1. The Morgan fingerprint density at radius 1 is 1.21 bits per heavy atom. The van der Waals surface area contributed by atoms with Crippen molar-refractivity contribution in [3.63, 3.8) is 0 Å². The van der Waals surface area contributed by atoms with Gasteiger partial charge in [-0.3, -0.25) is 4.79 Å². The number of rotatable bonds is 4. The van der Waals surface area contributed by atoms with Crippen LogP contribution in [0.15, 0.2) is 29.2 Å². The summed E-state index contributed by atoms with van der Waals surface area (Å²) < 4.78 is 5.11. The number of methoxy groups -OCH3 is 1. The zero-order valence-corrected chi connectivity index (χ0v) is 12.3. The van der Waals surface area contributed by atoms with Crippen LogP contribution in [0, 0.1) is 0 Å². The van der Waals surface area contributed by atoms with Gasteiger partial charge in [-0.25, -0.2) is 0 Å². The zero-order chi connectivity index (χ0) is 13.7. The summed E-state index contributed by atoms with van der Waals surface area (Å²) in [5.74, 6) is 1.58. The SMILES string of the molecule is COc1ccc(SCC(=O)N2CCN(C)CC2)cc1. The molecule has 0 radical (unpaired) electrons. The summed E-state index contributed by atoms with van der Waals surface area (Å²) in [4.78, 5) is 17.4. The number of hydrogen-bond donors (Lipinski definition) is 0. The largest absolute Gasteiger partial charge is 0.497 e. The van der Waals surface area contributed by atoms with Gasteiger partial charge in [0.15, 0.2) is 0 Å². The molecule has 0 saturated carbocycles. The monoisotopic (exact) mass is 280 g/mol. The van der Waals surface area contributed by atoms with Gasteiger partial charge >= 0.3 is 0 Å². The Kier molecular flexibility index (Phi) is 5.10. The lowest BCUT2D eigenvalue weighted by Crippen LogP contribution is -2.47. The second-order valence-electron chi connectivity index (χ2n) is 4.65. The Balaban J connectivity index is 1.79. The highest BCUT2D eigenvalue weighted by Crippen LogP contribution is 2.21. The molecular formula is C14H20N2O2S. The van der Waals surface area contributed by atoms with Crippen LogP contribution in [-0.2, 0) is 4.79 Å². The fraction of sp³-hybridized carbons (Fsp3) is 0.500. The molecule has 4 nitrogen and oxygen atoms in total. The average molecular weight is 280 g/mol. The number of nitrogens with zero attached hydrogens (tertiary/aromatic N) is 2. The van der Waals surface area contributed by atoms with E-state index in [4.69, 9.17) is 4.74 Å². The highest BCUT2D eigenvalue weighted by molar-refractivity contribution is 8.00. The Morgan fingerprint density at radius 3 is 2.42 bits per heavy atom. The van der Waals surface area contributed by atoms with Crippen LogP contribution in [0.1, 0.15) is 0 Å². The molecule has 1 heterocycles. The first-order valence-electron chi connectivity index (χ1n) is 6.42. The minimum atomic E-state index is 0.230. The summed E-state index contributed by atoms with van der Waals surface area (Å²) in [5.41, 5.74) is 0. The van der Waals surface area contributed by atoms with Gasteiger partial charge in [-0.05, 0) is 31.3 Å². The number of benzene rings is 1. The first kappa shape index (κ1) is 14.2. The predicted octanol–water partition coefficient (Wildman–Crippen LogP) is 1.56. The fourth-order valence-corrected chi connectivity index (χ4v) is 2.77. The van der Waals surface area contributed by atoms with Gasteiger partial charge < -0.3 is 14.5 Å².